The first kappa shape index (κ1) is 16.5. The monoisotopic (exact) mass is 315 g/mol. The molecule has 3 atom stereocenters. The van der Waals surface area contributed by atoms with Gasteiger partial charge in [0.05, 0.1) is 0 Å². The van der Waals surface area contributed by atoms with Crippen LogP contribution >= 0.6 is 0 Å². The van der Waals surface area contributed by atoms with E-state index in [1.807, 2.05) is 6.92 Å². The summed E-state index contributed by atoms with van der Waals surface area (Å²) in [6.07, 6.45) is 1.59. The average molecular weight is 315 g/mol. The van der Waals surface area contributed by atoms with Crippen molar-refractivity contribution >= 4 is 5.91 Å². The Kier molecular flexibility index (Phi) is 3.83. The number of fused-ring (bicyclic) bond motifs is 4. The summed E-state index contributed by atoms with van der Waals surface area (Å²) in [7, 11) is 1.61. The third kappa shape index (κ3) is 2.16. The smallest absolute Gasteiger partial charge is 0.251 e. The van der Waals surface area contributed by atoms with Crippen LogP contribution in [-0.2, 0) is 21.4 Å². The van der Waals surface area contributed by atoms with Crippen LogP contribution in [0.4, 0.5) is 0 Å². The molecule has 0 aromatic heterocycles. The minimum Gasteiger partial charge on any atom is -0.372 e. The molecule has 3 nitrogen and oxygen atoms in total. The average Bonchev–Trinajstić information content (AvgIpc) is 2.50. The third-order valence-electron chi connectivity index (χ3n) is 6.87. The first-order valence-corrected chi connectivity index (χ1v) is 8.66. The van der Waals surface area contributed by atoms with Crippen molar-refractivity contribution in [2.24, 2.45) is 5.41 Å². The van der Waals surface area contributed by atoms with Crippen molar-refractivity contribution in [2.75, 3.05) is 13.7 Å². The van der Waals surface area contributed by atoms with E-state index in [-0.39, 0.29) is 28.9 Å². The van der Waals surface area contributed by atoms with Crippen LogP contribution in [0.5, 0.6) is 0 Å². The van der Waals surface area contributed by atoms with Gasteiger partial charge in [0, 0.05) is 25.1 Å². The molecule has 1 unspecified atom stereocenters. The van der Waals surface area contributed by atoms with Crippen LogP contribution < -0.4 is 0 Å². The number of hydrogen-bond donors (Lipinski definition) is 0. The molecule has 1 aromatic rings. The largest absolute Gasteiger partial charge is 0.372 e. The molecule has 0 N–H and O–H groups in total. The summed E-state index contributed by atoms with van der Waals surface area (Å²) in [5.41, 5.74) is 4.45. The maximum atomic E-state index is 12.8. The lowest BCUT2D eigenvalue weighted by atomic mass is 9.50. The molecule has 3 heteroatoms. The Morgan fingerprint density at radius 2 is 2.04 bits per heavy atom. The van der Waals surface area contributed by atoms with Gasteiger partial charge in [0.1, 0.15) is 6.10 Å². The van der Waals surface area contributed by atoms with E-state index in [9.17, 15) is 4.79 Å². The van der Waals surface area contributed by atoms with Gasteiger partial charge in [-0.25, -0.2) is 0 Å². The van der Waals surface area contributed by atoms with E-state index < -0.39 is 0 Å². The van der Waals surface area contributed by atoms with E-state index in [0.717, 1.165) is 19.4 Å². The lowest BCUT2D eigenvalue weighted by molar-refractivity contribution is -0.153. The Bertz CT molecular complexity index is 637. The fourth-order valence-electron chi connectivity index (χ4n) is 4.71. The Labute approximate surface area is 140 Å². The molecular formula is C20H29NO2. The zero-order chi connectivity index (χ0) is 17.0. The van der Waals surface area contributed by atoms with Crippen LogP contribution in [0.2, 0.25) is 0 Å². The summed E-state index contributed by atoms with van der Waals surface area (Å²) in [6.45, 7) is 11.9. The normalized spacial score (nSPS) is 29.8. The predicted molar refractivity (Wildman–Crippen MR) is 92.6 cm³/mol. The number of amides is 1. The van der Waals surface area contributed by atoms with E-state index in [2.05, 4.69) is 50.8 Å². The highest BCUT2D eigenvalue weighted by molar-refractivity contribution is 5.81. The summed E-state index contributed by atoms with van der Waals surface area (Å²) >= 11 is 0. The molecule has 1 saturated heterocycles. The molecule has 2 aliphatic rings. The molecule has 0 saturated carbocycles. The number of benzene rings is 1. The molecule has 1 heterocycles. The highest BCUT2D eigenvalue weighted by Gasteiger charge is 2.57. The third-order valence-corrected chi connectivity index (χ3v) is 6.87. The summed E-state index contributed by atoms with van der Waals surface area (Å²) < 4.78 is 5.30. The van der Waals surface area contributed by atoms with Gasteiger partial charge in [0.25, 0.3) is 5.91 Å². The maximum absolute atomic E-state index is 12.8. The second-order valence-electron chi connectivity index (χ2n) is 8.03. The van der Waals surface area contributed by atoms with Crippen molar-refractivity contribution in [1.82, 2.24) is 4.90 Å². The number of methoxy groups -OCH3 is 1. The second kappa shape index (κ2) is 5.34. The van der Waals surface area contributed by atoms with Crippen LogP contribution in [0.1, 0.15) is 50.8 Å². The van der Waals surface area contributed by atoms with Crippen molar-refractivity contribution in [1.29, 1.82) is 0 Å². The Balaban J connectivity index is 2.09. The van der Waals surface area contributed by atoms with Crippen molar-refractivity contribution in [3.8, 4) is 0 Å². The molecule has 2 bridgehead atoms. The molecule has 0 spiro atoms. The number of carbonyl (C=O) groups is 1. The summed E-state index contributed by atoms with van der Waals surface area (Å²) in [4.78, 5) is 14.9. The van der Waals surface area contributed by atoms with Crippen molar-refractivity contribution in [3.63, 3.8) is 0 Å². The van der Waals surface area contributed by atoms with E-state index in [0.29, 0.717) is 0 Å². The summed E-state index contributed by atoms with van der Waals surface area (Å²) in [5, 5.41) is 0. The van der Waals surface area contributed by atoms with Crippen LogP contribution in [0.3, 0.4) is 0 Å². The zero-order valence-corrected chi connectivity index (χ0v) is 15.3. The molecule has 1 amide bonds. The van der Waals surface area contributed by atoms with E-state index in [1.54, 1.807) is 7.11 Å². The highest BCUT2D eigenvalue weighted by atomic mass is 16.5. The molecule has 1 fully saturated rings. The van der Waals surface area contributed by atoms with E-state index >= 15 is 0 Å². The number of aryl methyl sites for hydroxylation is 1. The Hall–Kier alpha value is -1.35. The predicted octanol–water partition coefficient (Wildman–Crippen LogP) is 3.47. The van der Waals surface area contributed by atoms with Gasteiger partial charge in [-0.2, -0.15) is 0 Å². The SMILES string of the molecule is COC(C)C(=O)N1CC[C@@]2(C)c3cccc(C)c3C[C@@H]1C2(C)C. The Morgan fingerprint density at radius 1 is 1.35 bits per heavy atom. The number of hydrogen-bond acceptors (Lipinski definition) is 2. The molecule has 23 heavy (non-hydrogen) atoms. The zero-order valence-electron chi connectivity index (χ0n) is 15.3. The lowest BCUT2D eigenvalue weighted by Crippen LogP contribution is -2.66. The first-order chi connectivity index (χ1) is 10.7. The maximum Gasteiger partial charge on any atom is 0.251 e. The van der Waals surface area contributed by atoms with Crippen LogP contribution in [0.15, 0.2) is 18.2 Å². The Morgan fingerprint density at radius 3 is 2.70 bits per heavy atom. The highest BCUT2D eigenvalue weighted by Crippen LogP contribution is 2.56. The topological polar surface area (TPSA) is 29.5 Å². The van der Waals surface area contributed by atoms with E-state index in [1.165, 1.54) is 16.7 Å². The number of piperidine rings is 1. The van der Waals surface area contributed by atoms with Gasteiger partial charge in [-0.15, -0.1) is 0 Å². The summed E-state index contributed by atoms with van der Waals surface area (Å²) in [5.74, 6) is 0.129. The number of nitrogens with zero attached hydrogens (tertiary/aromatic N) is 1. The quantitative estimate of drug-likeness (QED) is 0.836. The van der Waals surface area contributed by atoms with E-state index in [4.69, 9.17) is 4.74 Å². The van der Waals surface area contributed by atoms with Crippen molar-refractivity contribution in [2.45, 2.75) is 65.0 Å². The van der Waals surface area contributed by atoms with Crippen LogP contribution in [0.25, 0.3) is 0 Å². The fourth-order valence-corrected chi connectivity index (χ4v) is 4.71. The first-order valence-electron chi connectivity index (χ1n) is 8.66. The van der Waals surface area contributed by atoms with Crippen molar-refractivity contribution in [3.05, 3.63) is 34.9 Å². The fraction of sp³-hybridized carbons (Fsp3) is 0.650. The minimum absolute atomic E-state index is 0.0508. The minimum atomic E-state index is -0.367. The molecule has 126 valence electrons. The second-order valence-corrected chi connectivity index (χ2v) is 8.03. The molecule has 3 rings (SSSR count). The number of carbonyl (C=O) groups excluding carboxylic acids is 1. The molecule has 1 aromatic carbocycles. The van der Waals surface area contributed by atoms with Gasteiger partial charge in [-0.05, 0) is 48.8 Å². The van der Waals surface area contributed by atoms with Crippen LogP contribution in [0, 0.1) is 12.3 Å². The van der Waals surface area contributed by atoms with Crippen molar-refractivity contribution < 1.29 is 9.53 Å². The number of rotatable bonds is 2. The number of ether oxygens (including phenoxy) is 1. The molecule has 1 aliphatic heterocycles. The van der Waals surface area contributed by atoms with Gasteiger partial charge < -0.3 is 9.64 Å². The van der Waals surface area contributed by atoms with Gasteiger partial charge in [0.2, 0.25) is 0 Å². The van der Waals surface area contributed by atoms with Gasteiger partial charge in [0.15, 0.2) is 0 Å². The lowest BCUT2D eigenvalue weighted by Gasteiger charge is -2.61. The van der Waals surface area contributed by atoms with Gasteiger partial charge >= 0.3 is 0 Å². The van der Waals surface area contributed by atoms with Gasteiger partial charge in [-0.3, -0.25) is 4.79 Å². The molecular weight excluding hydrogens is 286 g/mol. The molecule has 1 aliphatic carbocycles. The van der Waals surface area contributed by atoms with Crippen LogP contribution in [-0.4, -0.2) is 36.6 Å². The summed E-state index contributed by atoms with van der Waals surface area (Å²) in [6, 6.07) is 6.91. The number of likely N-dealkylation sites (tertiary alicyclic amines) is 1. The van der Waals surface area contributed by atoms with Gasteiger partial charge in [-0.1, -0.05) is 39.0 Å². The molecule has 0 radical (unpaired) electrons. The standard InChI is InChI=1S/C20H29NO2/c1-13-8-7-9-16-15(13)12-17-19(3,4)20(16,5)10-11-21(17)18(22)14(2)23-6/h7-9,14,17H,10-12H2,1-6H3/t14?,17-,20+/m1/s1.